The van der Waals surface area contributed by atoms with Gasteiger partial charge in [-0.25, -0.2) is 9.78 Å². The van der Waals surface area contributed by atoms with Crippen molar-refractivity contribution in [1.29, 1.82) is 0 Å². The van der Waals surface area contributed by atoms with E-state index < -0.39 is 0 Å². The lowest BCUT2D eigenvalue weighted by atomic mass is 10.1. The maximum atomic E-state index is 12.3. The van der Waals surface area contributed by atoms with Crippen molar-refractivity contribution in [2.45, 2.75) is 25.8 Å². The molecule has 1 N–H and O–H groups in total. The van der Waals surface area contributed by atoms with Gasteiger partial charge in [0.05, 0.1) is 32.5 Å². The maximum absolute atomic E-state index is 12.3. The molecule has 114 valence electrons. The van der Waals surface area contributed by atoms with Crippen LogP contribution in [0.1, 0.15) is 19.3 Å². The lowest BCUT2D eigenvalue weighted by molar-refractivity contribution is -0.905. The minimum atomic E-state index is -0.334. The van der Waals surface area contributed by atoms with E-state index in [-0.39, 0.29) is 11.2 Å². The first-order valence-corrected chi connectivity index (χ1v) is 7.54. The Morgan fingerprint density at radius 1 is 1.14 bits per heavy atom. The van der Waals surface area contributed by atoms with Crippen LogP contribution < -0.4 is 16.1 Å². The van der Waals surface area contributed by atoms with E-state index in [4.69, 9.17) is 0 Å². The zero-order chi connectivity index (χ0) is 15.0. The van der Waals surface area contributed by atoms with Gasteiger partial charge < -0.3 is 9.47 Å². The quantitative estimate of drug-likeness (QED) is 0.749. The molecule has 7 heteroatoms. The van der Waals surface area contributed by atoms with Crippen molar-refractivity contribution < 1.29 is 4.90 Å². The lowest BCUT2D eigenvalue weighted by Gasteiger charge is -2.23. The van der Waals surface area contributed by atoms with E-state index in [2.05, 4.69) is 4.98 Å². The largest absolute Gasteiger partial charge is 0.333 e. The highest BCUT2D eigenvalue weighted by atomic mass is 16.2. The third-order valence-corrected chi connectivity index (χ3v) is 4.48. The van der Waals surface area contributed by atoms with Gasteiger partial charge in [-0.05, 0) is 19.3 Å². The predicted molar refractivity (Wildman–Crippen MR) is 79.6 cm³/mol. The molecule has 2 aromatic rings. The number of hydrogen-bond acceptors (Lipinski definition) is 3. The Morgan fingerprint density at radius 2 is 1.86 bits per heavy atom. The van der Waals surface area contributed by atoms with E-state index in [0.29, 0.717) is 11.2 Å². The minimum Gasteiger partial charge on any atom is -0.333 e. The fourth-order valence-corrected chi connectivity index (χ4v) is 3.15. The lowest BCUT2D eigenvalue weighted by Crippen LogP contribution is -3.13. The normalized spacial score (nSPS) is 16.7. The molecule has 1 aliphatic heterocycles. The summed E-state index contributed by atoms with van der Waals surface area (Å²) in [7, 11) is 3.16. The molecule has 7 nitrogen and oxygen atoms in total. The molecular formula is C14H22N5O2+. The maximum Gasteiger partial charge on any atom is 0.332 e. The Morgan fingerprint density at radius 3 is 2.57 bits per heavy atom. The zero-order valence-electron chi connectivity index (χ0n) is 12.6. The zero-order valence-corrected chi connectivity index (χ0v) is 12.6. The van der Waals surface area contributed by atoms with E-state index in [1.54, 1.807) is 18.3 Å². The molecule has 1 aliphatic rings. The second kappa shape index (κ2) is 5.48. The Labute approximate surface area is 122 Å². The number of rotatable bonds is 3. The molecule has 0 bridgehead atoms. The monoisotopic (exact) mass is 292 g/mol. The molecule has 0 atom stereocenters. The molecule has 3 heterocycles. The first-order valence-electron chi connectivity index (χ1n) is 7.54. The van der Waals surface area contributed by atoms with E-state index in [1.807, 2.05) is 4.57 Å². The summed E-state index contributed by atoms with van der Waals surface area (Å²) in [6, 6.07) is 0. The van der Waals surface area contributed by atoms with Crippen LogP contribution in [-0.2, 0) is 20.6 Å². The van der Waals surface area contributed by atoms with Crippen molar-refractivity contribution in [3.8, 4) is 0 Å². The fourth-order valence-electron chi connectivity index (χ4n) is 3.15. The second-order valence-corrected chi connectivity index (χ2v) is 5.88. The van der Waals surface area contributed by atoms with Crippen molar-refractivity contribution >= 4 is 11.2 Å². The molecule has 2 aromatic heterocycles. The molecule has 0 amide bonds. The summed E-state index contributed by atoms with van der Waals surface area (Å²) in [6.07, 6.45) is 5.58. The number of imidazole rings is 1. The van der Waals surface area contributed by atoms with Gasteiger partial charge in [-0.15, -0.1) is 0 Å². The summed E-state index contributed by atoms with van der Waals surface area (Å²) in [4.78, 5) is 30.0. The van der Waals surface area contributed by atoms with Crippen LogP contribution in [0, 0.1) is 0 Å². The number of nitrogens with one attached hydrogen (secondary N) is 1. The number of piperidine rings is 1. The summed E-state index contributed by atoms with van der Waals surface area (Å²) in [5, 5.41) is 0. The predicted octanol–water partition coefficient (Wildman–Crippen LogP) is -1.50. The molecule has 0 spiro atoms. The second-order valence-electron chi connectivity index (χ2n) is 5.88. The van der Waals surface area contributed by atoms with Crippen molar-refractivity contribution in [3.05, 3.63) is 27.2 Å². The molecule has 0 radical (unpaired) electrons. The average Bonchev–Trinajstić information content (AvgIpc) is 2.94. The van der Waals surface area contributed by atoms with Crippen LogP contribution in [0.5, 0.6) is 0 Å². The number of quaternary nitrogens is 1. The Bertz CT molecular complexity index is 764. The number of nitrogens with zero attached hydrogens (tertiary/aromatic N) is 4. The first kappa shape index (κ1) is 14.1. The number of aromatic nitrogens is 4. The number of aryl methyl sites for hydroxylation is 1. The van der Waals surface area contributed by atoms with E-state index in [0.717, 1.165) is 17.7 Å². The molecular weight excluding hydrogens is 270 g/mol. The Balaban J connectivity index is 1.93. The van der Waals surface area contributed by atoms with Crippen molar-refractivity contribution in [1.82, 2.24) is 18.7 Å². The topological polar surface area (TPSA) is 66.3 Å². The third-order valence-electron chi connectivity index (χ3n) is 4.48. The molecule has 0 aliphatic carbocycles. The van der Waals surface area contributed by atoms with Gasteiger partial charge in [0.25, 0.3) is 5.56 Å². The third kappa shape index (κ3) is 2.42. The number of hydrogen-bond donors (Lipinski definition) is 1. The van der Waals surface area contributed by atoms with Crippen molar-refractivity contribution in [3.63, 3.8) is 0 Å². The SMILES string of the molecule is Cn1c(=O)c2c(ncn2CC[NH+]2CCCCC2)n(C)c1=O. The highest BCUT2D eigenvalue weighted by molar-refractivity contribution is 5.69. The highest BCUT2D eigenvalue weighted by Crippen LogP contribution is 2.04. The van der Waals surface area contributed by atoms with E-state index in [9.17, 15) is 9.59 Å². The molecule has 0 unspecified atom stereocenters. The van der Waals surface area contributed by atoms with Gasteiger partial charge in [-0.2, -0.15) is 0 Å². The summed E-state index contributed by atoms with van der Waals surface area (Å²) in [5.41, 5.74) is 0.395. The van der Waals surface area contributed by atoms with Crippen LogP contribution in [0.4, 0.5) is 0 Å². The Hall–Kier alpha value is -1.89. The van der Waals surface area contributed by atoms with Crippen molar-refractivity contribution in [2.75, 3.05) is 19.6 Å². The van der Waals surface area contributed by atoms with Crippen LogP contribution >= 0.6 is 0 Å². The van der Waals surface area contributed by atoms with Gasteiger partial charge in [-0.1, -0.05) is 0 Å². The van der Waals surface area contributed by atoms with Crippen LogP contribution in [0.15, 0.2) is 15.9 Å². The highest BCUT2D eigenvalue weighted by Gasteiger charge is 2.17. The molecule has 3 rings (SSSR count). The first-order chi connectivity index (χ1) is 10.1. The van der Waals surface area contributed by atoms with Gasteiger partial charge >= 0.3 is 5.69 Å². The van der Waals surface area contributed by atoms with Crippen LogP contribution in [0.25, 0.3) is 11.2 Å². The summed E-state index contributed by atoms with van der Waals surface area (Å²) >= 11 is 0. The van der Waals surface area contributed by atoms with Gasteiger partial charge in [0.15, 0.2) is 11.2 Å². The van der Waals surface area contributed by atoms with Gasteiger partial charge in [0.2, 0.25) is 0 Å². The molecule has 0 saturated carbocycles. The molecule has 1 fully saturated rings. The fraction of sp³-hybridized carbons (Fsp3) is 0.643. The van der Waals surface area contributed by atoms with Gasteiger partial charge in [-0.3, -0.25) is 13.9 Å². The standard InChI is InChI=1S/C14H21N5O2/c1-16-12-11(13(20)17(2)14(16)21)19(10-15-12)9-8-18-6-4-3-5-7-18/h10H,3-9H2,1-2H3/p+1. The summed E-state index contributed by atoms with van der Waals surface area (Å²) in [5.74, 6) is 0. The van der Waals surface area contributed by atoms with Crippen LogP contribution in [0.2, 0.25) is 0 Å². The van der Waals surface area contributed by atoms with E-state index in [1.165, 1.54) is 44.0 Å². The molecule has 0 aromatic carbocycles. The summed E-state index contributed by atoms with van der Waals surface area (Å²) < 4.78 is 4.47. The average molecular weight is 292 g/mol. The van der Waals surface area contributed by atoms with Crippen LogP contribution in [0.3, 0.4) is 0 Å². The van der Waals surface area contributed by atoms with Gasteiger partial charge in [0.1, 0.15) is 0 Å². The van der Waals surface area contributed by atoms with Gasteiger partial charge in [0, 0.05) is 14.1 Å². The number of likely N-dealkylation sites (tertiary alicyclic amines) is 1. The number of fused-ring (bicyclic) bond motifs is 1. The Kier molecular flexibility index (Phi) is 3.67. The smallest absolute Gasteiger partial charge is 0.332 e. The van der Waals surface area contributed by atoms with Crippen LogP contribution in [-0.4, -0.2) is 38.3 Å². The van der Waals surface area contributed by atoms with E-state index >= 15 is 0 Å². The minimum absolute atomic E-state index is 0.265. The molecule has 1 saturated heterocycles. The van der Waals surface area contributed by atoms with Crippen molar-refractivity contribution in [2.24, 2.45) is 14.1 Å². The molecule has 21 heavy (non-hydrogen) atoms. The summed E-state index contributed by atoms with van der Waals surface area (Å²) in [6.45, 7) is 4.18.